The van der Waals surface area contributed by atoms with Crippen molar-refractivity contribution in [3.8, 4) is 0 Å². The predicted molar refractivity (Wildman–Crippen MR) is 178 cm³/mol. The van der Waals surface area contributed by atoms with Crippen molar-refractivity contribution in [2.45, 2.75) is 200 Å². The summed E-state index contributed by atoms with van der Waals surface area (Å²) in [5, 5.41) is 9.51. The topological polar surface area (TPSA) is 72.8 Å². The maximum Gasteiger partial charge on any atom is 0.306 e. The van der Waals surface area contributed by atoms with E-state index >= 15 is 0 Å². The van der Waals surface area contributed by atoms with Gasteiger partial charge in [0.1, 0.15) is 6.61 Å². The van der Waals surface area contributed by atoms with Crippen molar-refractivity contribution < 1.29 is 24.2 Å². The molecule has 1 N–H and O–H groups in total. The van der Waals surface area contributed by atoms with Crippen LogP contribution in [0.4, 0.5) is 0 Å². The maximum absolute atomic E-state index is 12.1. The quantitative estimate of drug-likeness (QED) is 0.0465. The van der Waals surface area contributed by atoms with Gasteiger partial charge < -0.3 is 14.6 Å². The van der Waals surface area contributed by atoms with Crippen molar-refractivity contribution in [1.29, 1.82) is 0 Å². The van der Waals surface area contributed by atoms with Crippen LogP contribution in [0, 0.1) is 0 Å². The third-order valence-electron chi connectivity index (χ3n) is 8.06. The highest BCUT2D eigenvalue weighted by molar-refractivity contribution is 5.70. The molecule has 0 fully saturated rings. The lowest BCUT2D eigenvalue weighted by Gasteiger charge is -2.15. The van der Waals surface area contributed by atoms with Crippen LogP contribution in [0.5, 0.6) is 0 Å². The first-order valence-corrected chi connectivity index (χ1v) is 18.2. The van der Waals surface area contributed by atoms with Crippen LogP contribution in [0.1, 0.15) is 194 Å². The fraction of sp³-hybridized carbons (Fsp3) is 0.892. The van der Waals surface area contributed by atoms with E-state index in [1.54, 1.807) is 0 Å². The molecule has 42 heavy (non-hydrogen) atoms. The van der Waals surface area contributed by atoms with Crippen LogP contribution in [0.15, 0.2) is 12.2 Å². The fourth-order valence-corrected chi connectivity index (χ4v) is 5.25. The zero-order chi connectivity index (χ0) is 30.8. The SMILES string of the molecule is CCCCCCCCC=CCCCCCCCCCC(=O)O[C@@H](CO)COC(=O)CCCCCCCCCCCCC. The molecule has 0 aromatic carbocycles. The summed E-state index contributed by atoms with van der Waals surface area (Å²) in [6, 6.07) is 0. The number of hydrogen-bond donors (Lipinski definition) is 1. The molecule has 0 saturated carbocycles. The lowest BCUT2D eigenvalue weighted by molar-refractivity contribution is -0.161. The smallest absolute Gasteiger partial charge is 0.306 e. The molecule has 0 bridgehead atoms. The van der Waals surface area contributed by atoms with Crippen LogP contribution < -0.4 is 0 Å². The summed E-state index contributed by atoms with van der Waals surface area (Å²) < 4.78 is 10.6. The van der Waals surface area contributed by atoms with E-state index in [2.05, 4.69) is 26.0 Å². The highest BCUT2D eigenvalue weighted by atomic mass is 16.6. The average Bonchev–Trinajstić information content (AvgIpc) is 2.99. The van der Waals surface area contributed by atoms with E-state index in [-0.39, 0.29) is 25.2 Å². The Bertz CT molecular complexity index is 603. The maximum atomic E-state index is 12.1. The number of esters is 2. The molecule has 0 unspecified atom stereocenters. The first kappa shape index (κ1) is 40.6. The largest absolute Gasteiger partial charge is 0.462 e. The molecule has 0 amide bonds. The van der Waals surface area contributed by atoms with Gasteiger partial charge in [-0.2, -0.15) is 0 Å². The van der Waals surface area contributed by atoms with Gasteiger partial charge in [0, 0.05) is 12.8 Å². The van der Waals surface area contributed by atoms with E-state index in [0.717, 1.165) is 38.5 Å². The summed E-state index contributed by atoms with van der Waals surface area (Å²) in [4.78, 5) is 24.1. The van der Waals surface area contributed by atoms with Crippen molar-refractivity contribution in [2.24, 2.45) is 0 Å². The zero-order valence-corrected chi connectivity index (χ0v) is 28.0. The monoisotopic (exact) mass is 595 g/mol. The summed E-state index contributed by atoms with van der Waals surface area (Å²) >= 11 is 0. The summed E-state index contributed by atoms with van der Waals surface area (Å²) in [5.41, 5.74) is 0. The number of aliphatic hydroxyl groups is 1. The number of rotatable bonds is 33. The van der Waals surface area contributed by atoms with Crippen LogP contribution in [0.3, 0.4) is 0 Å². The molecule has 5 nitrogen and oxygen atoms in total. The number of aliphatic hydroxyl groups excluding tert-OH is 1. The van der Waals surface area contributed by atoms with Crippen LogP contribution in [0.25, 0.3) is 0 Å². The molecule has 0 heterocycles. The molecule has 248 valence electrons. The molecule has 0 aliphatic heterocycles. The fourth-order valence-electron chi connectivity index (χ4n) is 5.25. The number of allylic oxidation sites excluding steroid dienone is 2. The predicted octanol–water partition coefficient (Wildman–Crippen LogP) is 11.0. The highest BCUT2D eigenvalue weighted by Crippen LogP contribution is 2.14. The molecule has 0 radical (unpaired) electrons. The molecule has 0 rings (SSSR count). The van der Waals surface area contributed by atoms with Gasteiger partial charge in [-0.15, -0.1) is 0 Å². The van der Waals surface area contributed by atoms with E-state index in [1.807, 2.05) is 0 Å². The van der Waals surface area contributed by atoms with Gasteiger partial charge in [-0.05, 0) is 38.5 Å². The number of unbranched alkanes of at least 4 members (excludes halogenated alkanes) is 23. The Morgan fingerprint density at radius 2 is 0.881 bits per heavy atom. The minimum absolute atomic E-state index is 0.0622. The Labute approximate surface area is 261 Å². The van der Waals surface area contributed by atoms with E-state index in [9.17, 15) is 14.7 Å². The van der Waals surface area contributed by atoms with Gasteiger partial charge in [-0.25, -0.2) is 0 Å². The Morgan fingerprint density at radius 1 is 0.524 bits per heavy atom. The number of hydrogen-bond acceptors (Lipinski definition) is 5. The van der Waals surface area contributed by atoms with E-state index < -0.39 is 6.10 Å². The van der Waals surface area contributed by atoms with Crippen LogP contribution in [0.2, 0.25) is 0 Å². The zero-order valence-electron chi connectivity index (χ0n) is 28.0. The second kappa shape index (κ2) is 34.1. The molecule has 0 aliphatic carbocycles. The molecule has 0 aliphatic rings. The first-order valence-electron chi connectivity index (χ1n) is 18.2. The van der Waals surface area contributed by atoms with Crippen molar-refractivity contribution in [2.75, 3.05) is 13.2 Å². The van der Waals surface area contributed by atoms with Gasteiger partial charge in [0.15, 0.2) is 6.10 Å². The molecule has 5 heteroatoms. The number of carbonyl (C=O) groups excluding carboxylic acids is 2. The van der Waals surface area contributed by atoms with Crippen LogP contribution in [-0.2, 0) is 19.1 Å². The second-order valence-electron chi connectivity index (χ2n) is 12.3. The Balaban J connectivity index is 3.54. The van der Waals surface area contributed by atoms with Crippen molar-refractivity contribution in [3.63, 3.8) is 0 Å². The molecule has 0 aromatic rings. The van der Waals surface area contributed by atoms with Crippen molar-refractivity contribution >= 4 is 11.9 Å². The third kappa shape index (κ3) is 31.6. The Hall–Kier alpha value is -1.36. The van der Waals surface area contributed by atoms with E-state index in [0.29, 0.717) is 12.8 Å². The average molecular weight is 595 g/mol. The third-order valence-corrected chi connectivity index (χ3v) is 8.06. The van der Waals surface area contributed by atoms with Crippen LogP contribution >= 0.6 is 0 Å². The van der Waals surface area contributed by atoms with Gasteiger partial charge in [-0.3, -0.25) is 9.59 Å². The summed E-state index contributed by atoms with van der Waals surface area (Å²) in [7, 11) is 0. The van der Waals surface area contributed by atoms with Gasteiger partial charge in [0.05, 0.1) is 6.61 Å². The van der Waals surface area contributed by atoms with Gasteiger partial charge in [0.25, 0.3) is 0 Å². The van der Waals surface area contributed by atoms with E-state index in [1.165, 1.54) is 128 Å². The molecule has 1 atom stereocenters. The molecule has 0 aromatic heterocycles. The summed E-state index contributed by atoms with van der Waals surface area (Å²) in [6.07, 6.45) is 36.9. The van der Waals surface area contributed by atoms with Gasteiger partial charge in [-0.1, -0.05) is 154 Å². The van der Waals surface area contributed by atoms with Crippen LogP contribution in [-0.4, -0.2) is 36.4 Å². The van der Waals surface area contributed by atoms with Gasteiger partial charge >= 0.3 is 11.9 Å². The lowest BCUT2D eigenvalue weighted by atomic mass is 10.1. The normalized spacial score (nSPS) is 12.2. The molecular weight excluding hydrogens is 524 g/mol. The molecule has 0 spiro atoms. The van der Waals surface area contributed by atoms with Gasteiger partial charge in [0.2, 0.25) is 0 Å². The highest BCUT2D eigenvalue weighted by Gasteiger charge is 2.16. The Kier molecular flexibility index (Phi) is 33.0. The first-order chi connectivity index (χ1) is 20.6. The Morgan fingerprint density at radius 3 is 1.29 bits per heavy atom. The summed E-state index contributed by atoms with van der Waals surface area (Å²) in [5.74, 6) is -0.590. The van der Waals surface area contributed by atoms with E-state index in [4.69, 9.17) is 9.47 Å². The second-order valence-corrected chi connectivity index (χ2v) is 12.3. The molecule has 0 saturated heterocycles. The van der Waals surface area contributed by atoms with Crippen molar-refractivity contribution in [1.82, 2.24) is 0 Å². The number of carbonyl (C=O) groups is 2. The minimum Gasteiger partial charge on any atom is -0.462 e. The lowest BCUT2D eigenvalue weighted by Crippen LogP contribution is -2.28. The standard InChI is InChI=1S/C37H70O5/c1-3-5-7-9-11-13-15-16-17-18-19-20-22-24-26-28-30-32-37(40)42-35(33-38)34-41-36(39)31-29-27-25-23-21-14-12-10-8-6-4-2/h16-17,35,38H,3-15,18-34H2,1-2H3/t35-/m0/s1. The summed E-state index contributed by atoms with van der Waals surface area (Å²) in [6.45, 7) is 4.12. The minimum atomic E-state index is -0.765. The van der Waals surface area contributed by atoms with Crippen molar-refractivity contribution in [3.05, 3.63) is 12.2 Å². The molecular formula is C37H70O5. The number of ether oxygens (including phenoxy) is 2.